The number of hydrogen-bond donors (Lipinski definition) is 0. The van der Waals surface area contributed by atoms with Gasteiger partial charge in [0.1, 0.15) is 11.0 Å². The van der Waals surface area contributed by atoms with E-state index in [1.54, 1.807) is 23.5 Å². The number of nitrogens with zero attached hydrogens (tertiary/aromatic N) is 3. The van der Waals surface area contributed by atoms with Gasteiger partial charge in [0.25, 0.3) is 0 Å². The number of fused-ring (bicyclic) bond motifs is 10. The van der Waals surface area contributed by atoms with Crippen LogP contribution in [0.15, 0.2) is 154 Å². The smallest absolute Gasteiger partial charge is 0.227 e. The highest BCUT2D eigenvalue weighted by Gasteiger charge is 2.34. The van der Waals surface area contributed by atoms with Crippen LogP contribution in [0.5, 0.6) is 0 Å². The van der Waals surface area contributed by atoms with E-state index in [9.17, 15) is 0 Å². The fraction of sp³-hybridized carbons (Fsp3) is 0. The van der Waals surface area contributed by atoms with Crippen molar-refractivity contribution in [3.05, 3.63) is 126 Å². The van der Waals surface area contributed by atoms with Gasteiger partial charge in [-0.25, -0.2) is 9.97 Å². The average molecular weight is 719 g/mol. The number of oxazole rings is 2. The topological polar surface area (TPSA) is 55.3 Å². The fourth-order valence-electron chi connectivity index (χ4n) is 6.92. The molecule has 0 N–H and O–H groups in total. The van der Waals surface area contributed by atoms with Gasteiger partial charge in [0, 0.05) is 46.0 Å². The van der Waals surface area contributed by atoms with Crippen molar-refractivity contribution in [2.45, 2.75) is 19.6 Å². The first-order valence-corrected chi connectivity index (χ1v) is 17.9. The summed E-state index contributed by atoms with van der Waals surface area (Å²) < 4.78 is 13.9. The van der Waals surface area contributed by atoms with Crippen LogP contribution in [-0.2, 0) is 0 Å². The van der Waals surface area contributed by atoms with Gasteiger partial charge in [-0.2, -0.15) is 0 Å². The van der Waals surface area contributed by atoms with E-state index < -0.39 is 0 Å². The van der Waals surface area contributed by atoms with Crippen LogP contribution < -0.4 is 4.90 Å². The van der Waals surface area contributed by atoms with Crippen LogP contribution in [0.3, 0.4) is 0 Å². The van der Waals surface area contributed by atoms with Gasteiger partial charge in [0.2, 0.25) is 11.8 Å². The van der Waals surface area contributed by atoms with Crippen molar-refractivity contribution in [2.24, 2.45) is 0 Å². The van der Waals surface area contributed by atoms with Gasteiger partial charge in [-0.05, 0) is 71.4 Å². The Morgan fingerprint density at radius 1 is 0.521 bits per heavy atom. The summed E-state index contributed by atoms with van der Waals surface area (Å²) in [6.07, 6.45) is 0. The van der Waals surface area contributed by atoms with E-state index in [0.29, 0.717) is 11.8 Å². The van der Waals surface area contributed by atoms with Crippen molar-refractivity contribution in [3.63, 3.8) is 0 Å². The molecule has 0 aliphatic carbocycles. The van der Waals surface area contributed by atoms with Gasteiger partial charge in [-0.3, -0.25) is 0 Å². The molecule has 0 spiro atoms. The molecule has 11 rings (SSSR count). The SMILES string of the molecule is Brc1cc2c3c(c1)Sc1cc(-c4nc5ccc6ccccc6c5o4)ccc1N3c1ccc(-c3nc4ccc5ccccc5c4o3)cc1S2. The maximum absolute atomic E-state index is 6.43. The lowest BCUT2D eigenvalue weighted by atomic mass is 10.1. The molecule has 226 valence electrons. The summed E-state index contributed by atoms with van der Waals surface area (Å²) in [5.74, 6) is 1.24. The lowest BCUT2D eigenvalue weighted by molar-refractivity contribution is 0.622. The highest BCUT2D eigenvalue weighted by atomic mass is 79.9. The van der Waals surface area contributed by atoms with Crippen molar-refractivity contribution in [1.29, 1.82) is 0 Å². The Balaban J connectivity index is 1.04. The molecule has 0 saturated carbocycles. The minimum atomic E-state index is 0.621. The Kier molecular flexibility index (Phi) is 5.62. The molecule has 0 atom stereocenters. The van der Waals surface area contributed by atoms with Crippen LogP contribution in [0.4, 0.5) is 17.1 Å². The molecule has 4 heterocycles. The Labute approximate surface area is 290 Å². The van der Waals surface area contributed by atoms with Crippen LogP contribution in [0, 0.1) is 0 Å². The summed E-state index contributed by atoms with van der Waals surface area (Å²) in [7, 11) is 0. The van der Waals surface area contributed by atoms with Gasteiger partial charge in [0.15, 0.2) is 11.2 Å². The predicted molar refractivity (Wildman–Crippen MR) is 198 cm³/mol. The Morgan fingerprint density at radius 3 is 1.54 bits per heavy atom. The summed E-state index contributed by atoms with van der Waals surface area (Å²) in [5.41, 5.74) is 8.71. The third-order valence-corrected chi connectivity index (χ3v) is 11.7. The van der Waals surface area contributed by atoms with Crippen LogP contribution in [0.1, 0.15) is 0 Å². The monoisotopic (exact) mass is 717 g/mol. The highest BCUT2D eigenvalue weighted by Crippen LogP contribution is 2.61. The Morgan fingerprint density at radius 2 is 1.02 bits per heavy atom. The zero-order valence-corrected chi connectivity index (χ0v) is 28.1. The molecule has 0 unspecified atom stereocenters. The molecule has 0 saturated heterocycles. The van der Waals surface area contributed by atoms with Crippen molar-refractivity contribution in [2.75, 3.05) is 4.90 Å². The molecular formula is C40H20BrN3O2S2. The number of rotatable bonds is 2. The molecule has 0 bridgehead atoms. The molecule has 5 nitrogen and oxygen atoms in total. The lowest BCUT2D eigenvalue weighted by Gasteiger charge is -2.38. The number of anilines is 3. The first-order valence-electron chi connectivity index (χ1n) is 15.5. The zero-order valence-electron chi connectivity index (χ0n) is 24.9. The summed E-state index contributed by atoms with van der Waals surface area (Å²) in [5, 5.41) is 4.42. The third-order valence-electron chi connectivity index (χ3n) is 9.12. The van der Waals surface area contributed by atoms with E-state index in [4.69, 9.17) is 18.8 Å². The Bertz CT molecular complexity index is 2650. The second-order valence-electron chi connectivity index (χ2n) is 12.0. The lowest BCUT2D eigenvalue weighted by Crippen LogP contribution is -2.19. The Hall–Kier alpha value is -5.02. The van der Waals surface area contributed by atoms with Crippen LogP contribution in [0.2, 0.25) is 0 Å². The summed E-state index contributed by atoms with van der Waals surface area (Å²) in [4.78, 5) is 16.9. The van der Waals surface area contributed by atoms with Crippen LogP contribution in [-0.4, -0.2) is 9.97 Å². The number of halogens is 1. The van der Waals surface area contributed by atoms with Crippen LogP contribution >= 0.6 is 39.5 Å². The molecule has 9 aromatic rings. The summed E-state index contributed by atoms with van der Waals surface area (Å²) >= 11 is 7.35. The van der Waals surface area contributed by atoms with Crippen molar-refractivity contribution in [1.82, 2.24) is 9.97 Å². The molecule has 7 aromatic carbocycles. The second kappa shape index (κ2) is 10.00. The minimum absolute atomic E-state index is 0.621. The second-order valence-corrected chi connectivity index (χ2v) is 15.0. The van der Waals surface area contributed by atoms with E-state index in [-0.39, 0.29) is 0 Å². The normalized spacial score (nSPS) is 13.3. The molecule has 0 radical (unpaired) electrons. The van der Waals surface area contributed by atoms with Gasteiger partial charge in [-0.1, -0.05) is 100 Å². The third kappa shape index (κ3) is 3.94. The van der Waals surface area contributed by atoms with E-state index in [1.165, 1.54) is 15.5 Å². The minimum Gasteiger partial charge on any atom is -0.435 e. The molecule has 2 aliphatic rings. The van der Waals surface area contributed by atoms with E-state index in [2.05, 4.69) is 106 Å². The quantitative estimate of drug-likeness (QED) is 0.176. The van der Waals surface area contributed by atoms with E-state index in [0.717, 1.165) is 80.5 Å². The van der Waals surface area contributed by atoms with Gasteiger partial charge in [0.05, 0.1) is 17.1 Å². The maximum atomic E-state index is 6.43. The van der Waals surface area contributed by atoms with Gasteiger partial charge >= 0.3 is 0 Å². The van der Waals surface area contributed by atoms with Crippen molar-refractivity contribution >= 4 is 100 Å². The highest BCUT2D eigenvalue weighted by molar-refractivity contribution is 9.10. The van der Waals surface area contributed by atoms with Gasteiger partial charge in [-0.15, -0.1) is 0 Å². The number of aromatic nitrogens is 2. The van der Waals surface area contributed by atoms with E-state index in [1.807, 2.05) is 36.4 Å². The molecule has 0 fully saturated rings. The van der Waals surface area contributed by atoms with Crippen LogP contribution in [0.25, 0.3) is 66.7 Å². The van der Waals surface area contributed by atoms with Crippen molar-refractivity contribution < 1.29 is 8.83 Å². The number of benzene rings is 7. The molecule has 8 heteroatoms. The molecule has 2 aliphatic heterocycles. The number of hydrogen-bond acceptors (Lipinski definition) is 7. The standard InChI is InChI=1S/C40H20BrN3O2S2/c41-25-19-34-36-35(20-25)48-33-18-24(40-43-29-14-10-22-6-2-4-8-27(22)38(29)46-40)12-16-31(33)44(36)30-15-11-23(17-32(30)47-34)39-42-28-13-9-21-5-1-3-7-26(21)37(28)45-39/h1-20H. The summed E-state index contributed by atoms with van der Waals surface area (Å²) in [6, 6.07) is 42.3. The van der Waals surface area contributed by atoms with Crippen molar-refractivity contribution in [3.8, 4) is 22.9 Å². The van der Waals surface area contributed by atoms with E-state index >= 15 is 0 Å². The predicted octanol–water partition coefficient (Wildman–Crippen LogP) is 12.8. The average Bonchev–Trinajstić information content (AvgIpc) is 3.76. The van der Waals surface area contributed by atoms with Gasteiger partial charge < -0.3 is 13.7 Å². The molecule has 48 heavy (non-hydrogen) atoms. The summed E-state index contributed by atoms with van der Waals surface area (Å²) in [6.45, 7) is 0. The molecule has 2 aromatic heterocycles. The first-order chi connectivity index (χ1) is 23.6. The molecule has 0 amide bonds. The largest absolute Gasteiger partial charge is 0.435 e. The molecular weight excluding hydrogens is 698 g/mol. The first kappa shape index (κ1) is 27.0. The zero-order chi connectivity index (χ0) is 31.5. The maximum Gasteiger partial charge on any atom is 0.227 e. The fourth-order valence-corrected chi connectivity index (χ4v) is 10.1.